The van der Waals surface area contributed by atoms with Crippen LogP contribution >= 0.6 is 11.6 Å². The van der Waals surface area contributed by atoms with Crippen LogP contribution in [0.25, 0.3) is 5.69 Å². The van der Waals surface area contributed by atoms with Gasteiger partial charge in [-0.25, -0.2) is 4.68 Å². The molecule has 0 bridgehead atoms. The maximum atomic E-state index is 12.4. The molecular weight excluding hydrogens is 350 g/mol. The minimum Gasteiger partial charge on any atom is -0.494 e. The lowest BCUT2D eigenvalue weighted by molar-refractivity contribution is -0.116. The second kappa shape index (κ2) is 6.84. The molecule has 6 heteroatoms. The summed E-state index contributed by atoms with van der Waals surface area (Å²) in [6.45, 7) is 2.53. The third-order valence-electron chi connectivity index (χ3n) is 4.47. The molecule has 132 valence electrons. The van der Waals surface area contributed by atoms with Crippen LogP contribution in [-0.4, -0.2) is 22.3 Å². The predicted octanol–water partition coefficient (Wildman–Crippen LogP) is 4.40. The number of amides is 1. The molecule has 2 aromatic carbocycles. The first-order valence-corrected chi connectivity index (χ1v) is 8.90. The average Bonchev–Trinajstić information content (AvgIpc) is 3.05. The van der Waals surface area contributed by atoms with E-state index in [4.69, 9.17) is 16.3 Å². The van der Waals surface area contributed by atoms with Gasteiger partial charge in [-0.3, -0.25) is 4.79 Å². The second-order valence-corrected chi connectivity index (χ2v) is 6.55. The van der Waals surface area contributed by atoms with E-state index in [1.807, 2.05) is 55.6 Å². The topological polar surface area (TPSA) is 56.1 Å². The number of aromatic nitrogens is 2. The third kappa shape index (κ3) is 2.95. The van der Waals surface area contributed by atoms with E-state index >= 15 is 0 Å². The Morgan fingerprint density at radius 2 is 2.08 bits per heavy atom. The summed E-state index contributed by atoms with van der Waals surface area (Å²) in [6.07, 6.45) is 2.17. The van der Waals surface area contributed by atoms with Crippen LogP contribution in [0, 0.1) is 0 Å². The summed E-state index contributed by atoms with van der Waals surface area (Å²) < 4.78 is 7.49. The van der Waals surface area contributed by atoms with Crippen molar-refractivity contribution in [3.05, 3.63) is 70.9 Å². The highest BCUT2D eigenvalue weighted by Gasteiger charge is 2.32. The van der Waals surface area contributed by atoms with Crippen molar-refractivity contribution in [3.63, 3.8) is 0 Å². The number of anilines is 1. The number of carbonyl (C=O) groups is 1. The van der Waals surface area contributed by atoms with Crippen LogP contribution in [-0.2, 0) is 4.79 Å². The Balaban J connectivity index is 1.82. The number of ether oxygens (including phenoxy) is 1. The Hall–Kier alpha value is -2.79. The highest BCUT2D eigenvalue weighted by molar-refractivity contribution is 6.30. The summed E-state index contributed by atoms with van der Waals surface area (Å²) in [4.78, 5) is 12.4. The molecule has 3 aromatic rings. The van der Waals surface area contributed by atoms with Crippen molar-refractivity contribution >= 4 is 23.3 Å². The van der Waals surface area contributed by atoms with E-state index in [0.717, 1.165) is 22.6 Å². The van der Waals surface area contributed by atoms with Gasteiger partial charge in [-0.15, -0.1) is 0 Å². The van der Waals surface area contributed by atoms with Crippen molar-refractivity contribution in [1.82, 2.24) is 9.78 Å². The molecule has 1 aliphatic heterocycles. The molecule has 0 saturated heterocycles. The number of halogens is 1. The van der Waals surface area contributed by atoms with Gasteiger partial charge in [0.1, 0.15) is 11.6 Å². The quantitative estimate of drug-likeness (QED) is 0.743. The van der Waals surface area contributed by atoms with Crippen LogP contribution < -0.4 is 10.1 Å². The van der Waals surface area contributed by atoms with Crippen LogP contribution in [0.15, 0.2) is 54.7 Å². The SMILES string of the molecule is CCOc1ccccc1C1CC(=O)Nc2c1cnn2-c1cccc(Cl)c1. The van der Waals surface area contributed by atoms with Gasteiger partial charge in [0.05, 0.1) is 18.5 Å². The molecule has 0 spiro atoms. The van der Waals surface area contributed by atoms with Crippen LogP contribution in [0.4, 0.5) is 5.82 Å². The Morgan fingerprint density at radius 3 is 2.88 bits per heavy atom. The molecule has 4 rings (SSSR count). The van der Waals surface area contributed by atoms with E-state index in [2.05, 4.69) is 10.4 Å². The van der Waals surface area contributed by atoms with Gasteiger partial charge in [-0.2, -0.15) is 5.10 Å². The maximum Gasteiger partial charge on any atom is 0.226 e. The van der Waals surface area contributed by atoms with E-state index in [1.54, 1.807) is 10.7 Å². The van der Waals surface area contributed by atoms with Crippen molar-refractivity contribution in [1.29, 1.82) is 0 Å². The lowest BCUT2D eigenvalue weighted by Gasteiger charge is -2.25. The summed E-state index contributed by atoms with van der Waals surface area (Å²) in [6, 6.07) is 15.2. The van der Waals surface area contributed by atoms with Crippen molar-refractivity contribution in [2.75, 3.05) is 11.9 Å². The van der Waals surface area contributed by atoms with Crippen molar-refractivity contribution < 1.29 is 9.53 Å². The number of nitrogens with zero attached hydrogens (tertiary/aromatic N) is 2. The standard InChI is InChI=1S/C20H18ClN3O2/c1-2-26-18-9-4-3-8-15(18)16-11-19(25)23-20-17(16)12-22-24(20)14-7-5-6-13(21)10-14/h3-10,12,16H,2,11H2,1H3,(H,23,25). The number of para-hydroxylation sites is 1. The molecule has 1 atom stereocenters. The summed E-state index contributed by atoms with van der Waals surface area (Å²) in [5.41, 5.74) is 2.77. The van der Waals surface area contributed by atoms with Gasteiger partial charge < -0.3 is 10.1 Å². The smallest absolute Gasteiger partial charge is 0.226 e. The normalized spacial score (nSPS) is 16.1. The molecule has 1 N–H and O–H groups in total. The fourth-order valence-electron chi connectivity index (χ4n) is 3.36. The van der Waals surface area contributed by atoms with Gasteiger partial charge in [0, 0.05) is 28.5 Å². The molecule has 5 nitrogen and oxygen atoms in total. The molecule has 0 aliphatic carbocycles. The molecule has 1 aromatic heterocycles. The Labute approximate surface area is 156 Å². The zero-order valence-corrected chi connectivity index (χ0v) is 15.0. The Kier molecular flexibility index (Phi) is 4.39. The fraction of sp³-hybridized carbons (Fsp3) is 0.200. The van der Waals surface area contributed by atoms with Gasteiger partial charge in [-0.1, -0.05) is 35.9 Å². The van der Waals surface area contributed by atoms with Crippen LogP contribution in [0.2, 0.25) is 5.02 Å². The molecule has 0 radical (unpaired) electrons. The largest absolute Gasteiger partial charge is 0.494 e. The zero-order valence-electron chi connectivity index (χ0n) is 14.3. The molecule has 0 fully saturated rings. The zero-order chi connectivity index (χ0) is 18.1. The highest BCUT2D eigenvalue weighted by Crippen LogP contribution is 2.41. The lowest BCUT2D eigenvalue weighted by Crippen LogP contribution is -2.24. The van der Waals surface area contributed by atoms with E-state index in [-0.39, 0.29) is 11.8 Å². The molecule has 0 saturated carbocycles. The van der Waals surface area contributed by atoms with Crippen molar-refractivity contribution in [2.45, 2.75) is 19.3 Å². The number of benzene rings is 2. The Bertz CT molecular complexity index is 967. The Morgan fingerprint density at radius 1 is 1.23 bits per heavy atom. The summed E-state index contributed by atoms with van der Waals surface area (Å²) >= 11 is 6.11. The number of hydrogen-bond acceptors (Lipinski definition) is 3. The van der Waals surface area contributed by atoms with Gasteiger partial charge in [-0.05, 0) is 31.2 Å². The molecule has 1 unspecified atom stereocenters. The number of nitrogens with one attached hydrogen (secondary N) is 1. The minimum absolute atomic E-state index is 0.0439. The summed E-state index contributed by atoms with van der Waals surface area (Å²) in [5, 5.41) is 8.07. The van der Waals surface area contributed by atoms with Crippen molar-refractivity contribution in [2.24, 2.45) is 0 Å². The molecule has 26 heavy (non-hydrogen) atoms. The van der Waals surface area contributed by atoms with Crippen LogP contribution in [0.5, 0.6) is 5.75 Å². The number of carbonyl (C=O) groups excluding carboxylic acids is 1. The molecule has 2 heterocycles. The number of hydrogen-bond donors (Lipinski definition) is 1. The van der Waals surface area contributed by atoms with Gasteiger partial charge in [0.2, 0.25) is 5.91 Å². The summed E-state index contributed by atoms with van der Waals surface area (Å²) in [5.74, 6) is 1.34. The highest BCUT2D eigenvalue weighted by atomic mass is 35.5. The average molecular weight is 368 g/mol. The van der Waals surface area contributed by atoms with Gasteiger partial charge >= 0.3 is 0 Å². The van der Waals surface area contributed by atoms with E-state index < -0.39 is 0 Å². The van der Waals surface area contributed by atoms with Crippen LogP contribution in [0.3, 0.4) is 0 Å². The van der Waals surface area contributed by atoms with E-state index in [0.29, 0.717) is 23.9 Å². The second-order valence-electron chi connectivity index (χ2n) is 6.12. The molecular formula is C20H18ClN3O2. The first kappa shape index (κ1) is 16.7. The summed E-state index contributed by atoms with van der Waals surface area (Å²) in [7, 11) is 0. The minimum atomic E-state index is -0.102. The molecule has 1 amide bonds. The third-order valence-corrected chi connectivity index (χ3v) is 4.70. The first-order chi connectivity index (χ1) is 12.7. The number of fused-ring (bicyclic) bond motifs is 1. The van der Waals surface area contributed by atoms with Gasteiger partial charge in [0.25, 0.3) is 0 Å². The lowest BCUT2D eigenvalue weighted by atomic mass is 9.87. The van der Waals surface area contributed by atoms with E-state index in [1.165, 1.54) is 0 Å². The predicted molar refractivity (Wildman–Crippen MR) is 101 cm³/mol. The number of rotatable bonds is 4. The monoisotopic (exact) mass is 367 g/mol. The van der Waals surface area contributed by atoms with Crippen molar-refractivity contribution in [3.8, 4) is 11.4 Å². The first-order valence-electron chi connectivity index (χ1n) is 8.52. The fourth-order valence-corrected chi connectivity index (χ4v) is 3.54. The maximum absolute atomic E-state index is 12.4. The van der Waals surface area contributed by atoms with Gasteiger partial charge in [0.15, 0.2) is 0 Å². The molecule has 1 aliphatic rings. The van der Waals surface area contributed by atoms with E-state index in [9.17, 15) is 4.79 Å². The van der Waals surface area contributed by atoms with Crippen LogP contribution in [0.1, 0.15) is 30.4 Å².